The molecule has 2 aromatic heterocycles. The van der Waals surface area contributed by atoms with Gasteiger partial charge in [0, 0.05) is 19.2 Å². The molecule has 1 aromatic carbocycles. The summed E-state index contributed by atoms with van der Waals surface area (Å²) in [6, 6.07) is 11.7. The van der Waals surface area contributed by atoms with E-state index in [2.05, 4.69) is 11.9 Å². The number of aryl methyl sites for hydroxylation is 1. The maximum atomic E-state index is 12.8. The Kier molecular flexibility index (Phi) is 4.18. The van der Waals surface area contributed by atoms with Crippen molar-refractivity contribution < 1.29 is 0 Å². The Labute approximate surface area is 146 Å². The zero-order valence-corrected chi connectivity index (χ0v) is 14.4. The van der Waals surface area contributed by atoms with Crippen LogP contribution < -0.4 is 5.56 Å². The van der Waals surface area contributed by atoms with Gasteiger partial charge in [-0.25, -0.2) is 4.98 Å². The van der Waals surface area contributed by atoms with Crippen LogP contribution in [0.5, 0.6) is 0 Å². The zero-order chi connectivity index (χ0) is 17.2. The number of benzene rings is 1. The summed E-state index contributed by atoms with van der Waals surface area (Å²) in [5, 5.41) is 0.702. The molecule has 1 unspecified atom stereocenters. The lowest BCUT2D eigenvalue weighted by molar-refractivity contribution is 0.484. The van der Waals surface area contributed by atoms with E-state index in [9.17, 15) is 4.79 Å². The quantitative estimate of drug-likeness (QED) is 0.715. The first-order chi connectivity index (χ1) is 12.2. The molecule has 3 heterocycles. The second kappa shape index (κ2) is 6.63. The number of hydrogen-bond donors (Lipinski definition) is 0. The van der Waals surface area contributed by atoms with Crippen molar-refractivity contribution in [3.05, 3.63) is 70.0 Å². The summed E-state index contributed by atoms with van der Waals surface area (Å²) < 4.78 is 1.87. The van der Waals surface area contributed by atoms with E-state index in [1.165, 1.54) is 0 Å². The average molecular weight is 331 g/mol. The number of hydrogen-bond acceptors (Lipinski definition) is 3. The molecule has 25 heavy (non-hydrogen) atoms. The standard InChI is InChI=1S/C21H21N3O/c1-15-5-10-20-23-19-14-16(6-8-17-4-2-3-12-22-17)7-9-18(19)21(25)24(20)13-11-15/h2-4,6-9,12,14-15H,5,10-11,13H2,1H3. The second-order valence-electron chi connectivity index (χ2n) is 6.78. The molecular formula is C21H21N3O. The molecule has 126 valence electrons. The van der Waals surface area contributed by atoms with Crippen LogP contribution in [0.15, 0.2) is 47.4 Å². The SMILES string of the molecule is CC1CCc2nc3cc(C=Cc4ccccn4)ccc3c(=O)n2CC1. The minimum atomic E-state index is 0.0920. The summed E-state index contributed by atoms with van der Waals surface area (Å²) >= 11 is 0. The third kappa shape index (κ3) is 3.25. The normalized spacial score (nSPS) is 17.6. The molecular weight excluding hydrogens is 310 g/mol. The number of pyridine rings is 1. The summed E-state index contributed by atoms with van der Waals surface area (Å²) in [6.07, 6.45) is 8.77. The van der Waals surface area contributed by atoms with Crippen molar-refractivity contribution in [1.29, 1.82) is 0 Å². The first-order valence-electron chi connectivity index (χ1n) is 8.83. The van der Waals surface area contributed by atoms with Gasteiger partial charge >= 0.3 is 0 Å². The largest absolute Gasteiger partial charge is 0.296 e. The molecule has 0 N–H and O–H groups in total. The summed E-state index contributed by atoms with van der Waals surface area (Å²) in [6.45, 7) is 3.02. The van der Waals surface area contributed by atoms with Crippen LogP contribution in [-0.4, -0.2) is 14.5 Å². The van der Waals surface area contributed by atoms with E-state index in [1.54, 1.807) is 6.20 Å². The highest BCUT2D eigenvalue weighted by atomic mass is 16.1. The Hall–Kier alpha value is -2.75. The molecule has 0 saturated heterocycles. The number of nitrogens with zero attached hydrogens (tertiary/aromatic N) is 3. The number of aromatic nitrogens is 3. The van der Waals surface area contributed by atoms with Gasteiger partial charge < -0.3 is 0 Å². The smallest absolute Gasteiger partial charge is 0.261 e. The van der Waals surface area contributed by atoms with Gasteiger partial charge in [-0.15, -0.1) is 0 Å². The van der Waals surface area contributed by atoms with E-state index >= 15 is 0 Å². The maximum Gasteiger partial charge on any atom is 0.261 e. The van der Waals surface area contributed by atoms with Crippen LogP contribution in [0.3, 0.4) is 0 Å². The lowest BCUT2D eigenvalue weighted by Gasteiger charge is -2.10. The van der Waals surface area contributed by atoms with Crippen molar-refractivity contribution in [1.82, 2.24) is 14.5 Å². The van der Waals surface area contributed by atoms with Gasteiger partial charge in [0.25, 0.3) is 5.56 Å². The van der Waals surface area contributed by atoms with Crippen molar-refractivity contribution in [2.75, 3.05) is 0 Å². The van der Waals surface area contributed by atoms with E-state index < -0.39 is 0 Å². The first kappa shape index (κ1) is 15.8. The Balaban J connectivity index is 1.74. The van der Waals surface area contributed by atoms with Crippen LogP contribution in [0, 0.1) is 5.92 Å². The molecule has 4 rings (SSSR count). The van der Waals surface area contributed by atoms with Crippen molar-refractivity contribution >= 4 is 23.1 Å². The summed E-state index contributed by atoms with van der Waals surface area (Å²) in [5.74, 6) is 1.56. The van der Waals surface area contributed by atoms with Crippen LogP contribution in [0.2, 0.25) is 0 Å². The average Bonchev–Trinajstić information content (AvgIpc) is 2.83. The summed E-state index contributed by atoms with van der Waals surface area (Å²) in [5.41, 5.74) is 2.81. The van der Waals surface area contributed by atoms with Gasteiger partial charge in [0.1, 0.15) is 5.82 Å². The molecule has 1 aliphatic heterocycles. The van der Waals surface area contributed by atoms with E-state index in [4.69, 9.17) is 4.98 Å². The van der Waals surface area contributed by atoms with Crippen LogP contribution in [-0.2, 0) is 13.0 Å². The monoisotopic (exact) mass is 331 g/mol. The predicted octanol–water partition coefficient (Wildman–Crippen LogP) is 3.93. The molecule has 1 atom stereocenters. The Morgan fingerprint density at radius 3 is 2.92 bits per heavy atom. The fourth-order valence-electron chi connectivity index (χ4n) is 3.33. The second-order valence-corrected chi connectivity index (χ2v) is 6.78. The first-order valence-corrected chi connectivity index (χ1v) is 8.83. The Morgan fingerprint density at radius 2 is 2.08 bits per heavy atom. The van der Waals surface area contributed by atoms with Gasteiger partial charge in [0.2, 0.25) is 0 Å². The zero-order valence-electron chi connectivity index (χ0n) is 14.4. The minimum Gasteiger partial charge on any atom is -0.296 e. The minimum absolute atomic E-state index is 0.0920. The van der Waals surface area contributed by atoms with E-state index in [0.717, 1.165) is 48.4 Å². The van der Waals surface area contributed by atoms with Gasteiger partial charge in [-0.2, -0.15) is 0 Å². The van der Waals surface area contributed by atoms with Crippen LogP contribution in [0.1, 0.15) is 36.8 Å². The van der Waals surface area contributed by atoms with Gasteiger partial charge in [0.05, 0.1) is 16.6 Å². The topological polar surface area (TPSA) is 47.8 Å². The van der Waals surface area contributed by atoms with Crippen LogP contribution >= 0.6 is 0 Å². The number of fused-ring (bicyclic) bond motifs is 2. The molecule has 0 bridgehead atoms. The summed E-state index contributed by atoms with van der Waals surface area (Å²) in [4.78, 5) is 21.9. The highest BCUT2D eigenvalue weighted by molar-refractivity contribution is 5.82. The fourth-order valence-corrected chi connectivity index (χ4v) is 3.33. The molecule has 1 aliphatic rings. The molecule has 4 nitrogen and oxygen atoms in total. The van der Waals surface area contributed by atoms with Crippen molar-refractivity contribution in [2.24, 2.45) is 5.92 Å². The highest BCUT2D eigenvalue weighted by Crippen LogP contribution is 2.20. The molecule has 0 amide bonds. The fraction of sp³-hybridized carbons (Fsp3) is 0.286. The molecule has 0 spiro atoms. The van der Waals surface area contributed by atoms with Crippen molar-refractivity contribution in [3.63, 3.8) is 0 Å². The summed E-state index contributed by atoms with van der Waals surface area (Å²) in [7, 11) is 0. The van der Waals surface area contributed by atoms with Crippen LogP contribution in [0.4, 0.5) is 0 Å². The van der Waals surface area contributed by atoms with Crippen molar-refractivity contribution in [3.8, 4) is 0 Å². The highest BCUT2D eigenvalue weighted by Gasteiger charge is 2.16. The third-order valence-electron chi connectivity index (χ3n) is 4.90. The van der Waals surface area contributed by atoms with Crippen LogP contribution in [0.25, 0.3) is 23.1 Å². The Bertz CT molecular complexity index is 989. The molecule has 3 aromatic rings. The van der Waals surface area contributed by atoms with Gasteiger partial charge in [0.15, 0.2) is 0 Å². The maximum absolute atomic E-state index is 12.8. The Morgan fingerprint density at radius 1 is 1.16 bits per heavy atom. The predicted molar refractivity (Wildman–Crippen MR) is 101 cm³/mol. The lowest BCUT2D eigenvalue weighted by Crippen LogP contribution is -2.24. The lowest BCUT2D eigenvalue weighted by atomic mass is 10.0. The molecule has 0 aliphatic carbocycles. The van der Waals surface area contributed by atoms with Gasteiger partial charge in [-0.05, 0) is 54.7 Å². The molecule has 0 radical (unpaired) electrons. The van der Waals surface area contributed by atoms with Gasteiger partial charge in [-0.3, -0.25) is 14.3 Å². The molecule has 4 heteroatoms. The van der Waals surface area contributed by atoms with E-state index in [-0.39, 0.29) is 5.56 Å². The molecule has 0 saturated carbocycles. The molecule has 0 fully saturated rings. The van der Waals surface area contributed by atoms with Crippen molar-refractivity contribution in [2.45, 2.75) is 32.7 Å². The van der Waals surface area contributed by atoms with E-state index in [0.29, 0.717) is 11.3 Å². The van der Waals surface area contributed by atoms with E-state index in [1.807, 2.05) is 53.1 Å². The van der Waals surface area contributed by atoms with Gasteiger partial charge in [-0.1, -0.05) is 25.1 Å². The number of rotatable bonds is 2. The third-order valence-corrected chi connectivity index (χ3v) is 4.90.